The largest absolute Gasteiger partial charge is 0.465 e. The Bertz CT molecular complexity index is 735. The van der Waals surface area contributed by atoms with E-state index in [1.165, 1.54) is 18.4 Å². The van der Waals surface area contributed by atoms with Gasteiger partial charge in [0.2, 0.25) is 0 Å². The molecular weight excluding hydrogens is 336 g/mol. The quantitative estimate of drug-likeness (QED) is 0.847. The van der Waals surface area contributed by atoms with Crippen molar-refractivity contribution >= 4 is 22.3 Å². The highest BCUT2D eigenvalue weighted by Gasteiger charge is 2.28. The number of hydrogen-bond donors (Lipinski definition) is 1. The SMILES string of the molecule is COC(=O)c1c(N)sc(CN2CC(C)OC(C)C2)c1-c1ccccc1. The summed E-state index contributed by atoms with van der Waals surface area (Å²) in [5.41, 5.74) is 8.54. The fourth-order valence-electron chi connectivity index (χ4n) is 3.44. The van der Waals surface area contributed by atoms with E-state index in [2.05, 4.69) is 18.7 Å². The van der Waals surface area contributed by atoms with Crippen LogP contribution in [0, 0.1) is 0 Å². The highest BCUT2D eigenvalue weighted by atomic mass is 32.1. The Kier molecular flexibility index (Phi) is 5.42. The molecule has 0 bridgehead atoms. The van der Waals surface area contributed by atoms with Crippen molar-refractivity contribution in [2.24, 2.45) is 0 Å². The number of methoxy groups -OCH3 is 1. The van der Waals surface area contributed by atoms with Gasteiger partial charge >= 0.3 is 5.97 Å². The van der Waals surface area contributed by atoms with Gasteiger partial charge in [0, 0.05) is 30.1 Å². The molecule has 1 saturated heterocycles. The Morgan fingerprint density at radius 1 is 1.28 bits per heavy atom. The molecule has 0 saturated carbocycles. The summed E-state index contributed by atoms with van der Waals surface area (Å²) in [6.45, 7) is 6.65. The van der Waals surface area contributed by atoms with Gasteiger partial charge in [0.1, 0.15) is 10.6 Å². The van der Waals surface area contributed by atoms with E-state index in [0.29, 0.717) is 10.6 Å². The Balaban J connectivity index is 2.00. The lowest BCUT2D eigenvalue weighted by Gasteiger charge is -2.35. The van der Waals surface area contributed by atoms with Gasteiger partial charge < -0.3 is 15.2 Å². The van der Waals surface area contributed by atoms with Crippen LogP contribution in [0.15, 0.2) is 30.3 Å². The maximum absolute atomic E-state index is 12.3. The highest BCUT2D eigenvalue weighted by Crippen LogP contribution is 2.40. The van der Waals surface area contributed by atoms with E-state index in [1.807, 2.05) is 30.3 Å². The third-order valence-corrected chi connectivity index (χ3v) is 5.33. The summed E-state index contributed by atoms with van der Waals surface area (Å²) in [6.07, 6.45) is 0.391. The number of carbonyl (C=O) groups is 1. The van der Waals surface area contributed by atoms with Crippen molar-refractivity contribution < 1.29 is 14.3 Å². The van der Waals surface area contributed by atoms with Gasteiger partial charge in [0.05, 0.1) is 19.3 Å². The molecule has 1 fully saturated rings. The molecule has 0 spiro atoms. The normalized spacial score (nSPS) is 21.2. The van der Waals surface area contributed by atoms with Crippen LogP contribution in [0.2, 0.25) is 0 Å². The smallest absolute Gasteiger partial charge is 0.341 e. The third kappa shape index (κ3) is 3.86. The predicted molar refractivity (Wildman–Crippen MR) is 101 cm³/mol. The van der Waals surface area contributed by atoms with E-state index in [9.17, 15) is 4.79 Å². The van der Waals surface area contributed by atoms with Crippen molar-refractivity contribution in [1.29, 1.82) is 0 Å². The van der Waals surface area contributed by atoms with Crippen LogP contribution >= 0.6 is 11.3 Å². The van der Waals surface area contributed by atoms with Crippen LogP contribution in [0.4, 0.5) is 5.00 Å². The Labute approximate surface area is 152 Å². The number of rotatable bonds is 4. The maximum Gasteiger partial charge on any atom is 0.341 e. The third-order valence-electron chi connectivity index (χ3n) is 4.32. The summed E-state index contributed by atoms with van der Waals surface area (Å²) in [5.74, 6) is -0.387. The van der Waals surface area contributed by atoms with Crippen LogP contribution in [0.25, 0.3) is 11.1 Å². The summed E-state index contributed by atoms with van der Waals surface area (Å²) >= 11 is 1.47. The van der Waals surface area contributed by atoms with Crippen LogP contribution < -0.4 is 5.73 Å². The minimum Gasteiger partial charge on any atom is -0.465 e. The van der Waals surface area contributed by atoms with Crippen molar-refractivity contribution in [1.82, 2.24) is 4.90 Å². The number of benzene rings is 1. The van der Waals surface area contributed by atoms with Crippen molar-refractivity contribution in [3.05, 3.63) is 40.8 Å². The molecule has 2 aromatic rings. The number of nitrogens with two attached hydrogens (primary N) is 1. The lowest BCUT2D eigenvalue weighted by molar-refractivity contribution is -0.0702. The van der Waals surface area contributed by atoms with E-state index in [4.69, 9.17) is 15.2 Å². The number of ether oxygens (including phenoxy) is 2. The molecular formula is C19H24N2O3S. The fourth-order valence-corrected chi connectivity index (χ4v) is 4.56. The molecule has 25 heavy (non-hydrogen) atoms. The van der Waals surface area contributed by atoms with Crippen LogP contribution in [0.5, 0.6) is 0 Å². The number of nitrogens with zero attached hydrogens (tertiary/aromatic N) is 1. The van der Waals surface area contributed by atoms with Crippen molar-refractivity contribution in [3.63, 3.8) is 0 Å². The first-order chi connectivity index (χ1) is 12.0. The highest BCUT2D eigenvalue weighted by molar-refractivity contribution is 7.17. The molecule has 2 N–H and O–H groups in total. The molecule has 0 aliphatic carbocycles. The summed E-state index contributed by atoms with van der Waals surface area (Å²) < 4.78 is 10.8. The fraction of sp³-hybridized carbons (Fsp3) is 0.421. The molecule has 1 aromatic carbocycles. The van der Waals surface area contributed by atoms with Gasteiger partial charge in [-0.25, -0.2) is 4.79 Å². The minimum absolute atomic E-state index is 0.196. The van der Waals surface area contributed by atoms with Gasteiger partial charge in [-0.2, -0.15) is 0 Å². The number of morpholine rings is 1. The van der Waals surface area contributed by atoms with Crippen LogP contribution in [-0.4, -0.2) is 43.3 Å². The predicted octanol–water partition coefficient (Wildman–Crippen LogP) is 3.39. The lowest BCUT2D eigenvalue weighted by Crippen LogP contribution is -2.44. The summed E-state index contributed by atoms with van der Waals surface area (Å²) in [4.78, 5) is 15.8. The van der Waals surface area contributed by atoms with Gasteiger partial charge in [0.15, 0.2) is 0 Å². The van der Waals surface area contributed by atoms with E-state index in [1.54, 1.807) is 0 Å². The zero-order valence-corrected chi connectivity index (χ0v) is 15.6. The molecule has 134 valence electrons. The topological polar surface area (TPSA) is 64.8 Å². The van der Waals surface area contributed by atoms with E-state index < -0.39 is 0 Å². The van der Waals surface area contributed by atoms with Gasteiger partial charge in [-0.3, -0.25) is 4.90 Å². The molecule has 3 rings (SSSR count). The van der Waals surface area contributed by atoms with Crippen molar-refractivity contribution in [3.8, 4) is 11.1 Å². The first kappa shape index (κ1) is 17.9. The Morgan fingerprint density at radius 3 is 2.52 bits per heavy atom. The van der Waals surface area contributed by atoms with Crippen LogP contribution in [0.1, 0.15) is 29.1 Å². The Morgan fingerprint density at radius 2 is 1.92 bits per heavy atom. The number of hydrogen-bond acceptors (Lipinski definition) is 6. The molecule has 2 atom stereocenters. The first-order valence-electron chi connectivity index (χ1n) is 8.42. The molecule has 0 radical (unpaired) electrons. The lowest BCUT2D eigenvalue weighted by atomic mass is 10.0. The number of nitrogen functional groups attached to an aromatic ring is 1. The zero-order valence-electron chi connectivity index (χ0n) is 14.8. The zero-order chi connectivity index (χ0) is 18.0. The molecule has 1 aliphatic rings. The van der Waals surface area contributed by atoms with E-state index >= 15 is 0 Å². The van der Waals surface area contributed by atoms with Crippen LogP contribution in [0.3, 0.4) is 0 Å². The van der Waals surface area contributed by atoms with Gasteiger partial charge in [-0.05, 0) is 19.4 Å². The minimum atomic E-state index is -0.387. The Hall–Kier alpha value is -1.89. The second kappa shape index (κ2) is 7.56. The van der Waals surface area contributed by atoms with E-state index in [0.717, 1.165) is 35.6 Å². The summed E-state index contributed by atoms with van der Waals surface area (Å²) in [6, 6.07) is 9.89. The number of esters is 1. The number of carbonyl (C=O) groups excluding carboxylic acids is 1. The summed E-state index contributed by atoms with van der Waals surface area (Å²) in [5, 5.41) is 0.509. The molecule has 2 heterocycles. The monoisotopic (exact) mass is 360 g/mol. The van der Waals surface area contributed by atoms with Crippen molar-refractivity contribution in [2.45, 2.75) is 32.6 Å². The molecule has 1 aromatic heterocycles. The maximum atomic E-state index is 12.3. The molecule has 2 unspecified atom stereocenters. The molecule has 0 amide bonds. The van der Waals surface area contributed by atoms with Gasteiger partial charge in [-0.15, -0.1) is 11.3 Å². The van der Waals surface area contributed by atoms with Gasteiger partial charge in [0.25, 0.3) is 0 Å². The second-order valence-electron chi connectivity index (χ2n) is 6.45. The first-order valence-corrected chi connectivity index (χ1v) is 9.24. The molecule has 5 nitrogen and oxygen atoms in total. The standard InChI is InChI=1S/C19H24N2O3S/c1-12-9-21(10-13(2)24-12)11-15-16(14-7-5-4-6-8-14)17(18(20)25-15)19(22)23-3/h4-8,12-13H,9-11,20H2,1-3H3. The average molecular weight is 360 g/mol. The van der Waals surface area contributed by atoms with Gasteiger partial charge in [-0.1, -0.05) is 30.3 Å². The second-order valence-corrected chi connectivity index (χ2v) is 7.59. The summed E-state index contributed by atoms with van der Waals surface area (Å²) in [7, 11) is 1.39. The van der Waals surface area contributed by atoms with Crippen LogP contribution in [-0.2, 0) is 16.0 Å². The molecule has 6 heteroatoms. The number of thiophene rings is 1. The molecule has 1 aliphatic heterocycles. The number of anilines is 1. The van der Waals surface area contributed by atoms with Crippen molar-refractivity contribution in [2.75, 3.05) is 25.9 Å². The van der Waals surface area contributed by atoms with E-state index in [-0.39, 0.29) is 18.2 Å². The average Bonchev–Trinajstić information content (AvgIpc) is 2.90.